The molecule has 0 spiro atoms. The summed E-state index contributed by atoms with van der Waals surface area (Å²) >= 11 is 0. The normalized spacial score (nSPS) is 16.5. The summed E-state index contributed by atoms with van der Waals surface area (Å²) in [5, 5.41) is 3.48. The Labute approximate surface area is 85.2 Å². The van der Waals surface area contributed by atoms with Crippen LogP contribution in [0, 0.1) is 0 Å². The summed E-state index contributed by atoms with van der Waals surface area (Å²) in [5.41, 5.74) is 2.64. The second-order valence-electron chi connectivity index (χ2n) is 3.61. The summed E-state index contributed by atoms with van der Waals surface area (Å²) in [6, 6.07) is 10.8. The molecule has 1 aromatic rings. The summed E-state index contributed by atoms with van der Waals surface area (Å²) < 4.78 is 0. The Morgan fingerprint density at radius 1 is 1.21 bits per heavy atom. The van der Waals surface area contributed by atoms with Gasteiger partial charge in [-0.3, -0.25) is 0 Å². The smallest absolute Gasteiger partial charge is 0.0451 e. The number of allylic oxidation sites excluding steroid dienone is 3. The van der Waals surface area contributed by atoms with Crippen LogP contribution in [0.15, 0.2) is 54.1 Å². The van der Waals surface area contributed by atoms with Crippen LogP contribution in [0.25, 0.3) is 0 Å². The lowest BCUT2D eigenvalue weighted by atomic mass is 10.1. The molecule has 72 valence electrons. The molecule has 0 saturated carbocycles. The number of anilines is 1. The number of hydrogen-bond donors (Lipinski definition) is 1. The molecule has 0 aromatic heterocycles. The highest BCUT2D eigenvalue weighted by atomic mass is 14.9. The fourth-order valence-corrected chi connectivity index (χ4v) is 1.66. The van der Waals surface area contributed by atoms with Crippen molar-refractivity contribution < 1.29 is 0 Å². The molecule has 0 radical (unpaired) electrons. The Balaban J connectivity index is 1.98. The van der Waals surface area contributed by atoms with Gasteiger partial charge < -0.3 is 5.32 Å². The Hall–Kier alpha value is -1.50. The van der Waals surface area contributed by atoms with Crippen LogP contribution in [-0.2, 0) is 0 Å². The van der Waals surface area contributed by atoms with Gasteiger partial charge in [0.1, 0.15) is 0 Å². The van der Waals surface area contributed by atoms with Gasteiger partial charge in [-0.05, 0) is 31.1 Å². The second kappa shape index (κ2) is 4.14. The van der Waals surface area contributed by atoms with Crippen molar-refractivity contribution in [1.82, 2.24) is 0 Å². The Bertz CT molecular complexity index is 349. The molecule has 0 amide bonds. The minimum atomic E-state index is 0.424. The predicted molar refractivity (Wildman–Crippen MR) is 61.4 cm³/mol. The van der Waals surface area contributed by atoms with E-state index in [1.165, 1.54) is 11.3 Å². The summed E-state index contributed by atoms with van der Waals surface area (Å²) in [5.74, 6) is 0. The van der Waals surface area contributed by atoms with Crippen molar-refractivity contribution in [2.24, 2.45) is 0 Å². The minimum Gasteiger partial charge on any atom is -0.379 e. The molecule has 1 unspecified atom stereocenters. The van der Waals surface area contributed by atoms with Crippen LogP contribution in [0.2, 0.25) is 0 Å². The van der Waals surface area contributed by atoms with Crippen LogP contribution in [0.5, 0.6) is 0 Å². The number of benzene rings is 1. The van der Waals surface area contributed by atoms with E-state index in [-0.39, 0.29) is 0 Å². The van der Waals surface area contributed by atoms with E-state index in [1.807, 2.05) is 6.07 Å². The van der Waals surface area contributed by atoms with Crippen molar-refractivity contribution in [2.45, 2.75) is 19.4 Å². The van der Waals surface area contributed by atoms with Crippen LogP contribution in [-0.4, -0.2) is 6.04 Å². The van der Waals surface area contributed by atoms with Crippen molar-refractivity contribution in [2.75, 3.05) is 5.32 Å². The minimum absolute atomic E-state index is 0.424. The molecule has 0 fully saturated rings. The summed E-state index contributed by atoms with van der Waals surface area (Å²) in [6.45, 7) is 2.20. The molecule has 0 bridgehead atoms. The highest BCUT2D eigenvalue weighted by Gasteiger charge is 2.08. The molecule has 1 atom stereocenters. The summed E-state index contributed by atoms with van der Waals surface area (Å²) in [6.07, 6.45) is 7.60. The van der Waals surface area contributed by atoms with E-state index in [4.69, 9.17) is 0 Å². The Morgan fingerprint density at radius 2 is 2.00 bits per heavy atom. The highest BCUT2D eigenvalue weighted by Crippen LogP contribution is 2.18. The molecule has 14 heavy (non-hydrogen) atoms. The van der Waals surface area contributed by atoms with Gasteiger partial charge in [-0.2, -0.15) is 0 Å². The van der Waals surface area contributed by atoms with E-state index in [0.717, 1.165) is 6.42 Å². The fourth-order valence-electron chi connectivity index (χ4n) is 1.66. The van der Waals surface area contributed by atoms with Gasteiger partial charge >= 0.3 is 0 Å². The van der Waals surface area contributed by atoms with Gasteiger partial charge in [-0.15, -0.1) is 0 Å². The van der Waals surface area contributed by atoms with E-state index in [9.17, 15) is 0 Å². The molecule has 1 aliphatic rings. The zero-order valence-corrected chi connectivity index (χ0v) is 8.40. The third kappa shape index (κ3) is 2.05. The first-order valence-electron chi connectivity index (χ1n) is 5.03. The van der Waals surface area contributed by atoms with Gasteiger partial charge in [0.2, 0.25) is 0 Å². The Morgan fingerprint density at radius 3 is 2.64 bits per heavy atom. The Kier molecular flexibility index (Phi) is 2.68. The van der Waals surface area contributed by atoms with Crippen molar-refractivity contribution in [3.8, 4) is 0 Å². The van der Waals surface area contributed by atoms with Gasteiger partial charge in [0.15, 0.2) is 0 Å². The van der Waals surface area contributed by atoms with Gasteiger partial charge in [0.05, 0.1) is 0 Å². The third-order valence-corrected chi connectivity index (χ3v) is 2.51. The molecule has 2 rings (SSSR count). The largest absolute Gasteiger partial charge is 0.379 e. The van der Waals surface area contributed by atoms with Crippen molar-refractivity contribution in [1.29, 1.82) is 0 Å². The average molecular weight is 185 g/mol. The monoisotopic (exact) mass is 185 g/mol. The van der Waals surface area contributed by atoms with Gasteiger partial charge in [-0.25, -0.2) is 0 Å². The molecule has 1 aromatic carbocycles. The van der Waals surface area contributed by atoms with E-state index < -0.39 is 0 Å². The molecular weight excluding hydrogens is 170 g/mol. The predicted octanol–water partition coefficient (Wildman–Crippen LogP) is 3.37. The molecule has 0 saturated heterocycles. The summed E-state index contributed by atoms with van der Waals surface area (Å²) in [4.78, 5) is 0. The topological polar surface area (TPSA) is 12.0 Å². The molecule has 1 heteroatoms. The first-order chi connectivity index (χ1) is 6.86. The number of nitrogens with one attached hydrogen (secondary N) is 1. The maximum absolute atomic E-state index is 3.48. The number of hydrogen-bond acceptors (Lipinski definition) is 1. The van der Waals surface area contributed by atoms with E-state index in [2.05, 4.69) is 54.7 Å². The third-order valence-electron chi connectivity index (χ3n) is 2.51. The van der Waals surface area contributed by atoms with Crippen LogP contribution in [0.1, 0.15) is 13.3 Å². The van der Waals surface area contributed by atoms with Crippen LogP contribution in [0.4, 0.5) is 5.69 Å². The van der Waals surface area contributed by atoms with Gasteiger partial charge in [-0.1, -0.05) is 36.4 Å². The van der Waals surface area contributed by atoms with Crippen LogP contribution >= 0.6 is 0 Å². The van der Waals surface area contributed by atoms with Crippen molar-refractivity contribution in [3.63, 3.8) is 0 Å². The SMILES string of the molecule is CC(Nc1ccccc1)C1=CC=CC1. The molecule has 1 N–H and O–H groups in total. The second-order valence-corrected chi connectivity index (χ2v) is 3.61. The van der Waals surface area contributed by atoms with Gasteiger partial charge in [0, 0.05) is 11.7 Å². The molecule has 0 aliphatic heterocycles. The number of para-hydroxylation sites is 1. The average Bonchev–Trinajstić information content (AvgIpc) is 2.72. The van der Waals surface area contributed by atoms with Crippen LogP contribution < -0.4 is 5.32 Å². The lowest BCUT2D eigenvalue weighted by Gasteiger charge is -2.16. The quantitative estimate of drug-likeness (QED) is 0.761. The molecule has 1 nitrogen and oxygen atoms in total. The lowest BCUT2D eigenvalue weighted by Crippen LogP contribution is -2.16. The van der Waals surface area contributed by atoms with Gasteiger partial charge in [0.25, 0.3) is 0 Å². The van der Waals surface area contributed by atoms with E-state index in [0.29, 0.717) is 6.04 Å². The number of rotatable bonds is 3. The van der Waals surface area contributed by atoms with Crippen molar-refractivity contribution in [3.05, 3.63) is 54.1 Å². The first-order valence-corrected chi connectivity index (χ1v) is 5.03. The van der Waals surface area contributed by atoms with E-state index in [1.54, 1.807) is 0 Å². The van der Waals surface area contributed by atoms with Crippen LogP contribution in [0.3, 0.4) is 0 Å². The zero-order chi connectivity index (χ0) is 9.80. The van der Waals surface area contributed by atoms with E-state index >= 15 is 0 Å². The molecular formula is C13H15N. The fraction of sp³-hybridized carbons (Fsp3) is 0.231. The first kappa shape index (κ1) is 9.07. The molecule has 1 aliphatic carbocycles. The highest BCUT2D eigenvalue weighted by molar-refractivity contribution is 5.46. The standard InChI is InChI=1S/C13H15N/c1-11(12-7-5-6-8-12)14-13-9-3-2-4-10-13/h2-7,9-11,14H,8H2,1H3. The summed E-state index contributed by atoms with van der Waals surface area (Å²) in [7, 11) is 0. The molecule has 0 heterocycles. The zero-order valence-electron chi connectivity index (χ0n) is 8.40. The maximum atomic E-state index is 3.48. The lowest BCUT2D eigenvalue weighted by molar-refractivity contribution is 0.899. The van der Waals surface area contributed by atoms with Crippen molar-refractivity contribution >= 4 is 5.69 Å². The maximum Gasteiger partial charge on any atom is 0.0451 e.